The third-order valence-electron chi connectivity index (χ3n) is 5.33. The first kappa shape index (κ1) is 18.5. The van der Waals surface area contributed by atoms with Crippen molar-refractivity contribution < 1.29 is 24.2 Å². The number of nitrogens with one attached hydrogen (secondary N) is 2. The summed E-state index contributed by atoms with van der Waals surface area (Å²) in [6.45, 7) is 1.55. The van der Waals surface area contributed by atoms with Gasteiger partial charge in [-0.25, -0.2) is 0 Å². The zero-order chi connectivity index (χ0) is 18.8. The van der Waals surface area contributed by atoms with E-state index in [4.69, 9.17) is 16.3 Å². The molecule has 0 unspecified atom stereocenters. The molecule has 2 bridgehead atoms. The van der Waals surface area contributed by atoms with Gasteiger partial charge >= 0.3 is 5.97 Å². The summed E-state index contributed by atoms with van der Waals surface area (Å²) in [5.74, 6) is -2.55. The molecule has 1 aromatic carbocycles. The van der Waals surface area contributed by atoms with Gasteiger partial charge in [0.05, 0.1) is 11.8 Å². The van der Waals surface area contributed by atoms with E-state index in [0.717, 1.165) is 24.8 Å². The standard InChI is InChI=1S/C18H21ClN2O5/c1-9-6-12(4-5-13(9)19)26-8-14(22)20-21-17(23)15-10-2-3-11(7-10)16(15)18(24)25/h4-6,10-11,15-16H,2-3,7-8H2,1H3,(H,20,22)(H,21,23)(H,24,25)/t10-,11+,15+,16+/m1/s1. The fourth-order valence-electron chi connectivity index (χ4n) is 4.13. The second kappa shape index (κ2) is 7.53. The average molecular weight is 381 g/mol. The summed E-state index contributed by atoms with van der Waals surface area (Å²) in [4.78, 5) is 35.7. The Kier molecular flexibility index (Phi) is 5.36. The number of ether oxygens (including phenoxy) is 1. The monoisotopic (exact) mass is 380 g/mol. The number of hydrogen-bond acceptors (Lipinski definition) is 4. The number of hydrogen-bond donors (Lipinski definition) is 3. The molecule has 26 heavy (non-hydrogen) atoms. The van der Waals surface area contributed by atoms with E-state index in [9.17, 15) is 19.5 Å². The maximum absolute atomic E-state index is 12.4. The van der Waals surface area contributed by atoms with Gasteiger partial charge in [-0.3, -0.25) is 25.2 Å². The van der Waals surface area contributed by atoms with Crippen LogP contribution in [0.25, 0.3) is 0 Å². The number of carbonyl (C=O) groups is 3. The number of carboxylic acids is 1. The van der Waals surface area contributed by atoms with Crippen LogP contribution in [-0.2, 0) is 14.4 Å². The van der Waals surface area contributed by atoms with Crippen molar-refractivity contribution in [1.29, 1.82) is 0 Å². The van der Waals surface area contributed by atoms with Gasteiger partial charge < -0.3 is 9.84 Å². The Bertz CT molecular complexity index is 738. The molecule has 2 amide bonds. The van der Waals surface area contributed by atoms with E-state index in [1.165, 1.54) is 0 Å². The maximum atomic E-state index is 12.4. The third kappa shape index (κ3) is 3.77. The van der Waals surface area contributed by atoms with Crippen molar-refractivity contribution in [2.24, 2.45) is 23.7 Å². The highest BCUT2D eigenvalue weighted by Crippen LogP contribution is 2.52. The lowest BCUT2D eigenvalue weighted by Crippen LogP contribution is -2.49. The first-order valence-corrected chi connectivity index (χ1v) is 8.95. The predicted octanol–water partition coefficient (Wildman–Crippen LogP) is 1.92. The Balaban J connectivity index is 1.49. The second-order valence-corrected chi connectivity index (χ2v) is 7.37. The highest BCUT2D eigenvalue weighted by atomic mass is 35.5. The predicted molar refractivity (Wildman–Crippen MR) is 93.4 cm³/mol. The smallest absolute Gasteiger partial charge is 0.307 e. The number of carbonyl (C=O) groups excluding carboxylic acids is 2. The van der Waals surface area contributed by atoms with E-state index in [2.05, 4.69) is 10.9 Å². The van der Waals surface area contributed by atoms with E-state index in [1.807, 2.05) is 6.92 Å². The minimum Gasteiger partial charge on any atom is -0.484 e. The van der Waals surface area contributed by atoms with Crippen LogP contribution in [0.3, 0.4) is 0 Å². The number of benzene rings is 1. The molecule has 0 spiro atoms. The SMILES string of the molecule is Cc1cc(OCC(=O)NNC(=O)[C@H]2[C@@H]3CC[C@@H](C3)[C@@H]2C(=O)O)ccc1Cl. The van der Waals surface area contributed by atoms with Crippen LogP contribution in [0.4, 0.5) is 0 Å². The minimum absolute atomic E-state index is 0.0560. The van der Waals surface area contributed by atoms with Crippen LogP contribution in [0.2, 0.25) is 5.02 Å². The lowest BCUT2D eigenvalue weighted by atomic mass is 9.79. The van der Waals surface area contributed by atoms with Crippen molar-refractivity contribution in [2.75, 3.05) is 6.61 Å². The zero-order valence-electron chi connectivity index (χ0n) is 14.3. The summed E-state index contributed by atoms with van der Waals surface area (Å²) in [6.07, 6.45) is 2.48. The minimum atomic E-state index is -0.940. The summed E-state index contributed by atoms with van der Waals surface area (Å²) in [6, 6.07) is 5.03. The summed E-state index contributed by atoms with van der Waals surface area (Å²) >= 11 is 5.93. The largest absolute Gasteiger partial charge is 0.484 e. The molecule has 0 saturated heterocycles. The van der Waals surface area contributed by atoms with Crippen LogP contribution in [0.1, 0.15) is 24.8 Å². The van der Waals surface area contributed by atoms with Gasteiger partial charge in [-0.05, 0) is 61.8 Å². The number of amides is 2. The van der Waals surface area contributed by atoms with E-state index in [-0.39, 0.29) is 18.4 Å². The van der Waals surface area contributed by atoms with Crippen LogP contribution >= 0.6 is 11.6 Å². The van der Waals surface area contributed by atoms with E-state index in [0.29, 0.717) is 10.8 Å². The molecule has 0 aromatic heterocycles. The summed E-state index contributed by atoms with van der Waals surface area (Å²) < 4.78 is 5.35. The van der Waals surface area contributed by atoms with Gasteiger partial charge in [0.1, 0.15) is 5.75 Å². The van der Waals surface area contributed by atoms with Crippen LogP contribution < -0.4 is 15.6 Å². The Morgan fingerprint density at radius 3 is 2.54 bits per heavy atom. The molecular formula is C18H21ClN2O5. The van der Waals surface area contributed by atoms with Crippen molar-refractivity contribution in [3.63, 3.8) is 0 Å². The third-order valence-corrected chi connectivity index (χ3v) is 5.75. The summed E-state index contributed by atoms with van der Waals surface area (Å²) in [5.41, 5.74) is 5.47. The Labute approximate surface area is 156 Å². The molecule has 2 saturated carbocycles. The zero-order valence-corrected chi connectivity index (χ0v) is 15.1. The molecule has 3 rings (SSSR count). The summed E-state index contributed by atoms with van der Waals surface area (Å²) in [5, 5.41) is 9.99. The van der Waals surface area contributed by atoms with Gasteiger partial charge in [-0.2, -0.15) is 0 Å². The molecule has 0 heterocycles. The molecule has 7 nitrogen and oxygen atoms in total. The van der Waals surface area contributed by atoms with Crippen molar-refractivity contribution in [3.8, 4) is 5.75 Å². The van der Waals surface area contributed by atoms with Crippen LogP contribution in [0.5, 0.6) is 5.75 Å². The lowest BCUT2D eigenvalue weighted by molar-refractivity contribution is -0.150. The summed E-state index contributed by atoms with van der Waals surface area (Å²) in [7, 11) is 0. The first-order valence-electron chi connectivity index (χ1n) is 8.57. The van der Waals surface area contributed by atoms with Gasteiger partial charge in [0.15, 0.2) is 6.61 Å². The number of hydrazine groups is 1. The lowest BCUT2D eigenvalue weighted by Gasteiger charge is -2.26. The van der Waals surface area contributed by atoms with Gasteiger partial charge in [0.2, 0.25) is 5.91 Å². The van der Waals surface area contributed by atoms with Crippen molar-refractivity contribution in [3.05, 3.63) is 28.8 Å². The number of carboxylic acid groups (broad SMARTS) is 1. The van der Waals surface area contributed by atoms with Crippen LogP contribution in [0.15, 0.2) is 18.2 Å². The second-order valence-electron chi connectivity index (χ2n) is 6.96. The molecule has 3 N–H and O–H groups in total. The fraction of sp³-hybridized carbons (Fsp3) is 0.500. The topological polar surface area (TPSA) is 105 Å². The van der Waals surface area contributed by atoms with Gasteiger partial charge in [0.25, 0.3) is 5.91 Å². The quantitative estimate of drug-likeness (QED) is 0.677. The number of aryl methyl sites for hydroxylation is 1. The highest BCUT2D eigenvalue weighted by Gasteiger charge is 2.54. The average Bonchev–Trinajstić information content (AvgIpc) is 3.21. The van der Waals surface area contributed by atoms with Crippen LogP contribution in [-0.4, -0.2) is 29.5 Å². The van der Waals surface area contributed by atoms with Crippen LogP contribution in [0, 0.1) is 30.6 Å². The highest BCUT2D eigenvalue weighted by molar-refractivity contribution is 6.31. The Hall–Kier alpha value is -2.28. The molecular weight excluding hydrogens is 360 g/mol. The van der Waals surface area contributed by atoms with Gasteiger partial charge in [-0.15, -0.1) is 0 Å². The molecule has 0 radical (unpaired) electrons. The molecule has 2 fully saturated rings. The number of aliphatic carboxylic acids is 1. The Morgan fingerprint density at radius 2 is 1.88 bits per heavy atom. The van der Waals surface area contributed by atoms with Gasteiger partial charge in [-0.1, -0.05) is 11.6 Å². The normalized spacial score (nSPS) is 26.4. The maximum Gasteiger partial charge on any atom is 0.307 e. The molecule has 0 aliphatic heterocycles. The molecule has 2 aliphatic rings. The molecule has 140 valence electrons. The molecule has 2 aliphatic carbocycles. The van der Waals surface area contributed by atoms with E-state index in [1.54, 1.807) is 18.2 Å². The number of rotatable bonds is 5. The van der Waals surface area contributed by atoms with Crippen molar-refractivity contribution in [2.45, 2.75) is 26.2 Å². The molecule has 1 aromatic rings. The fourth-order valence-corrected chi connectivity index (χ4v) is 4.25. The first-order chi connectivity index (χ1) is 12.4. The molecule has 4 atom stereocenters. The molecule has 8 heteroatoms. The number of fused-ring (bicyclic) bond motifs is 2. The van der Waals surface area contributed by atoms with E-state index >= 15 is 0 Å². The van der Waals surface area contributed by atoms with Crippen molar-refractivity contribution in [1.82, 2.24) is 10.9 Å². The van der Waals surface area contributed by atoms with Crippen molar-refractivity contribution >= 4 is 29.4 Å². The van der Waals surface area contributed by atoms with E-state index < -0.39 is 29.6 Å². The number of halogens is 1. The van der Waals surface area contributed by atoms with Gasteiger partial charge in [0, 0.05) is 5.02 Å². The Morgan fingerprint density at radius 1 is 1.19 bits per heavy atom.